The van der Waals surface area contributed by atoms with E-state index in [-0.39, 0.29) is 12.5 Å². The van der Waals surface area contributed by atoms with E-state index in [1.54, 1.807) is 0 Å². The lowest BCUT2D eigenvalue weighted by atomic mass is 10.1. The van der Waals surface area contributed by atoms with Crippen molar-refractivity contribution in [1.29, 1.82) is 0 Å². The zero-order valence-electron chi connectivity index (χ0n) is 16.1. The van der Waals surface area contributed by atoms with Gasteiger partial charge in [-0.2, -0.15) is 4.99 Å². The third-order valence-corrected chi connectivity index (χ3v) is 4.34. The molecular weight excluding hydrogens is 364 g/mol. The zero-order chi connectivity index (χ0) is 20.6. The van der Waals surface area contributed by atoms with E-state index >= 15 is 0 Å². The van der Waals surface area contributed by atoms with E-state index in [9.17, 15) is 4.79 Å². The molecule has 3 rings (SSSR count). The first-order valence-corrected chi connectivity index (χ1v) is 9.30. The van der Waals surface area contributed by atoms with E-state index in [1.807, 2.05) is 77.4 Å². The zero-order valence-corrected chi connectivity index (χ0v) is 16.1. The molecule has 0 unspecified atom stereocenters. The molecule has 0 aliphatic heterocycles. The average Bonchev–Trinajstić information content (AvgIpc) is 3.12. The van der Waals surface area contributed by atoms with Gasteiger partial charge < -0.3 is 20.8 Å². The number of guanidine groups is 1. The molecule has 0 radical (unpaired) electrons. The van der Waals surface area contributed by atoms with Crippen LogP contribution in [0.3, 0.4) is 0 Å². The summed E-state index contributed by atoms with van der Waals surface area (Å²) in [5.74, 6) is 0.128. The fraction of sp³-hybridized carbons (Fsp3) is 0.130. The molecule has 6 heteroatoms. The van der Waals surface area contributed by atoms with Crippen molar-refractivity contribution < 1.29 is 9.53 Å². The Morgan fingerprint density at radius 2 is 1.59 bits per heavy atom. The Balaban J connectivity index is 1.95. The number of hydrogen-bond donors (Lipinski definition) is 2. The molecule has 1 aromatic heterocycles. The van der Waals surface area contributed by atoms with Crippen molar-refractivity contribution in [3.63, 3.8) is 0 Å². The van der Waals surface area contributed by atoms with Crippen LogP contribution in [0.4, 0.5) is 0 Å². The van der Waals surface area contributed by atoms with E-state index in [0.717, 1.165) is 34.7 Å². The maximum Gasteiger partial charge on any atom is 0.268 e. The van der Waals surface area contributed by atoms with Crippen LogP contribution in [0.1, 0.15) is 6.42 Å². The van der Waals surface area contributed by atoms with Crippen molar-refractivity contribution in [2.45, 2.75) is 13.0 Å². The molecule has 4 N–H and O–H groups in total. The van der Waals surface area contributed by atoms with Crippen LogP contribution in [-0.4, -0.2) is 23.0 Å². The highest BCUT2D eigenvalue weighted by Gasteiger charge is 2.14. The second kappa shape index (κ2) is 9.41. The van der Waals surface area contributed by atoms with Crippen molar-refractivity contribution in [3.05, 3.63) is 79.4 Å². The summed E-state index contributed by atoms with van der Waals surface area (Å²) in [6, 6.07) is 21.6. The minimum atomic E-state index is -0.413. The third kappa shape index (κ3) is 5.13. The highest BCUT2D eigenvalue weighted by Crippen LogP contribution is 2.30. The van der Waals surface area contributed by atoms with Gasteiger partial charge in [0.2, 0.25) is 0 Å². The van der Waals surface area contributed by atoms with Crippen molar-refractivity contribution >= 4 is 11.9 Å². The van der Waals surface area contributed by atoms with E-state index in [0.29, 0.717) is 6.61 Å². The van der Waals surface area contributed by atoms with E-state index in [2.05, 4.69) is 11.6 Å². The van der Waals surface area contributed by atoms with Crippen LogP contribution >= 0.6 is 0 Å². The van der Waals surface area contributed by atoms with Gasteiger partial charge in [-0.3, -0.25) is 4.79 Å². The predicted molar refractivity (Wildman–Crippen MR) is 116 cm³/mol. The summed E-state index contributed by atoms with van der Waals surface area (Å²) in [5, 5.41) is 0. The molecule has 148 valence electrons. The molecule has 0 atom stereocenters. The van der Waals surface area contributed by atoms with Gasteiger partial charge in [-0.25, -0.2) is 0 Å². The average molecular weight is 388 g/mol. The van der Waals surface area contributed by atoms with E-state index < -0.39 is 5.91 Å². The Labute approximate surface area is 170 Å². The number of amides is 1. The lowest BCUT2D eigenvalue weighted by molar-refractivity contribution is -0.118. The molecule has 3 aromatic rings. The molecule has 29 heavy (non-hydrogen) atoms. The largest absolute Gasteiger partial charge is 0.493 e. The number of hydrogen-bond acceptors (Lipinski definition) is 2. The predicted octanol–water partition coefficient (Wildman–Crippen LogP) is 3.58. The maximum atomic E-state index is 12.3. The molecule has 6 nitrogen and oxygen atoms in total. The minimum Gasteiger partial charge on any atom is -0.493 e. The third-order valence-electron chi connectivity index (χ3n) is 4.34. The lowest BCUT2D eigenvalue weighted by Crippen LogP contribution is -2.25. The Morgan fingerprint density at radius 1 is 0.966 bits per heavy atom. The van der Waals surface area contributed by atoms with Gasteiger partial charge in [-0.1, -0.05) is 36.4 Å². The summed E-state index contributed by atoms with van der Waals surface area (Å²) in [7, 11) is 0. The number of carbonyl (C=O) groups is 1. The van der Waals surface area contributed by atoms with Crippen LogP contribution in [-0.2, 0) is 11.3 Å². The summed E-state index contributed by atoms with van der Waals surface area (Å²) >= 11 is 0. The quantitative estimate of drug-likeness (QED) is 0.267. The molecule has 0 spiro atoms. The Morgan fingerprint density at radius 3 is 2.17 bits per heavy atom. The first kappa shape index (κ1) is 19.9. The standard InChI is InChI=1S/C23H24N4O2/c1-2-3-15-29-19-11-9-18(10-12-19)21-14-13-20(17-7-5-4-6-8-17)27(21)16-22(28)26-23(24)25/h2,4-14H,1,3,15-16H2,(H4,24,25,26,28). The number of benzene rings is 2. The van der Waals surface area contributed by atoms with E-state index in [4.69, 9.17) is 16.2 Å². The second-order valence-electron chi connectivity index (χ2n) is 6.44. The first-order chi connectivity index (χ1) is 14.1. The van der Waals surface area contributed by atoms with Gasteiger partial charge in [0.1, 0.15) is 12.3 Å². The van der Waals surface area contributed by atoms with Crippen molar-refractivity contribution in [1.82, 2.24) is 4.57 Å². The number of rotatable bonds is 8. The molecule has 1 heterocycles. The number of ether oxygens (including phenoxy) is 1. The number of nitrogens with zero attached hydrogens (tertiary/aromatic N) is 2. The van der Waals surface area contributed by atoms with Crippen LogP contribution in [0, 0.1) is 0 Å². The Kier molecular flexibility index (Phi) is 6.47. The van der Waals surface area contributed by atoms with Crippen molar-refractivity contribution in [2.24, 2.45) is 16.5 Å². The monoisotopic (exact) mass is 388 g/mol. The summed E-state index contributed by atoms with van der Waals surface area (Å²) in [6.07, 6.45) is 2.61. The normalized spacial score (nSPS) is 10.3. The SMILES string of the molecule is C=CCCOc1ccc(-c2ccc(-c3ccccc3)n2CC(=O)N=C(N)N)cc1. The maximum absolute atomic E-state index is 12.3. The highest BCUT2D eigenvalue weighted by atomic mass is 16.5. The molecule has 0 fully saturated rings. The first-order valence-electron chi connectivity index (χ1n) is 9.30. The van der Waals surface area contributed by atoms with Gasteiger partial charge in [-0.05, 0) is 53.9 Å². The minimum absolute atomic E-state index is 0.0298. The van der Waals surface area contributed by atoms with Crippen LogP contribution in [0.15, 0.2) is 84.4 Å². The molecule has 0 aliphatic carbocycles. The number of nitrogens with two attached hydrogens (primary N) is 2. The molecule has 0 saturated heterocycles. The van der Waals surface area contributed by atoms with Crippen LogP contribution < -0.4 is 16.2 Å². The topological polar surface area (TPSA) is 95.6 Å². The summed E-state index contributed by atoms with van der Waals surface area (Å²) in [5.41, 5.74) is 14.5. The molecule has 1 amide bonds. The van der Waals surface area contributed by atoms with Gasteiger partial charge in [0, 0.05) is 11.4 Å². The number of carbonyl (C=O) groups excluding carboxylic acids is 1. The van der Waals surface area contributed by atoms with Crippen LogP contribution in [0.25, 0.3) is 22.5 Å². The van der Waals surface area contributed by atoms with E-state index in [1.165, 1.54) is 0 Å². The number of aromatic nitrogens is 1. The lowest BCUT2D eigenvalue weighted by Gasteiger charge is -2.13. The molecular formula is C23H24N4O2. The van der Waals surface area contributed by atoms with Gasteiger partial charge in [-0.15, -0.1) is 6.58 Å². The highest BCUT2D eigenvalue weighted by molar-refractivity contribution is 5.92. The second-order valence-corrected chi connectivity index (χ2v) is 6.44. The molecule has 0 bridgehead atoms. The Hall–Kier alpha value is -3.80. The molecule has 0 aliphatic rings. The molecule has 0 saturated carbocycles. The van der Waals surface area contributed by atoms with Crippen LogP contribution in [0.2, 0.25) is 0 Å². The Bertz CT molecular complexity index is 1000. The van der Waals surface area contributed by atoms with Gasteiger partial charge in [0.25, 0.3) is 5.91 Å². The number of aliphatic imine (C=N–C) groups is 1. The fourth-order valence-electron chi connectivity index (χ4n) is 3.05. The van der Waals surface area contributed by atoms with Crippen LogP contribution in [0.5, 0.6) is 5.75 Å². The van der Waals surface area contributed by atoms with Gasteiger partial charge in [0.05, 0.1) is 6.61 Å². The summed E-state index contributed by atoms with van der Waals surface area (Å²) in [4.78, 5) is 16.0. The molecule has 2 aromatic carbocycles. The fourth-order valence-corrected chi connectivity index (χ4v) is 3.05. The summed E-state index contributed by atoms with van der Waals surface area (Å²) in [6.45, 7) is 4.31. The summed E-state index contributed by atoms with van der Waals surface area (Å²) < 4.78 is 7.59. The smallest absolute Gasteiger partial charge is 0.268 e. The van der Waals surface area contributed by atoms with Crippen molar-refractivity contribution in [3.8, 4) is 28.3 Å². The van der Waals surface area contributed by atoms with Gasteiger partial charge in [0.15, 0.2) is 5.96 Å². The van der Waals surface area contributed by atoms with Crippen molar-refractivity contribution in [2.75, 3.05) is 6.61 Å². The van der Waals surface area contributed by atoms with Gasteiger partial charge >= 0.3 is 0 Å².